The SMILES string of the molecule is Cc1ccc(OCCC2CCCO2)c(C=CC(=O)O)c1. The predicted molar refractivity (Wildman–Crippen MR) is 76.9 cm³/mol. The Bertz CT molecular complexity index is 487. The quantitative estimate of drug-likeness (QED) is 0.811. The van der Waals surface area contributed by atoms with E-state index in [4.69, 9.17) is 14.6 Å². The molecule has 1 aliphatic heterocycles. The van der Waals surface area contributed by atoms with E-state index in [1.54, 1.807) is 6.08 Å². The van der Waals surface area contributed by atoms with Crippen molar-refractivity contribution in [3.8, 4) is 5.75 Å². The van der Waals surface area contributed by atoms with Crippen LogP contribution in [-0.4, -0.2) is 30.4 Å². The van der Waals surface area contributed by atoms with Crippen molar-refractivity contribution in [3.63, 3.8) is 0 Å². The van der Waals surface area contributed by atoms with Gasteiger partial charge in [-0.3, -0.25) is 0 Å². The second kappa shape index (κ2) is 7.10. The van der Waals surface area contributed by atoms with E-state index in [0.717, 1.165) is 43.1 Å². The highest BCUT2D eigenvalue weighted by Gasteiger charge is 2.15. The molecule has 20 heavy (non-hydrogen) atoms. The number of aliphatic carboxylic acids is 1. The Morgan fingerprint density at radius 3 is 3.10 bits per heavy atom. The molecule has 0 radical (unpaired) electrons. The average Bonchev–Trinajstić information content (AvgIpc) is 2.91. The number of hydrogen-bond acceptors (Lipinski definition) is 3. The number of ether oxygens (including phenoxy) is 2. The standard InChI is InChI=1S/C16H20O4/c1-12-4-6-15(13(11-12)5-7-16(17)18)20-10-8-14-3-2-9-19-14/h4-7,11,14H,2-3,8-10H2,1H3,(H,17,18). The molecule has 108 valence electrons. The van der Waals surface area contributed by atoms with Crippen molar-refractivity contribution in [2.24, 2.45) is 0 Å². The Kier molecular flexibility index (Phi) is 5.18. The second-order valence-corrected chi connectivity index (χ2v) is 4.99. The first kappa shape index (κ1) is 14.6. The fourth-order valence-corrected chi connectivity index (χ4v) is 2.26. The summed E-state index contributed by atoms with van der Waals surface area (Å²) in [7, 11) is 0. The molecule has 1 atom stereocenters. The van der Waals surface area contributed by atoms with Gasteiger partial charge in [-0.25, -0.2) is 4.79 Å². The molecule has 0 aliphatic carbocycles. The van der Waals surface area contributed by atoms with E-state index >= 15 is 0 Å². The molecule has 0 spiro atoms. The predicted octanol–water partition coefficient (Wildman–Crippen LogP) is 3.04. The van der Waals surface area contributed by atoms with Gasteiger partial charge < -0.3 is 14.6 Å². The number of carbonyl (C=O) groups is 1. The van der Waals surface area contributed by atoms with Crippen LogP contribution in [0.1, 0.15) is 30.4 Å². The molecule has 0 amide bonds. The highest BCUT2D eigenvalue weighted by Crippen LogP contribution is 2.23. The van der Waals surface area contributed by atoms with E-state index in [0.29, 0.717) is 18.5 Å². The van der Waals surface area contributed by atoms with Crippen LogP contribution in [0.3, 0.4) is 0 Å². The van der Waals surface area contributed by atoms with Crippen molar-refractivity contribution in [1.29, 1.82) is 0 Å². The first-order valence-corrected chi connectivity index (χ1v) is 6.91. The topological polar surface area (TPSA) is 55.8 Å². The smallest absolute Gasteiger partial charge is 0.328 e. The monoisotopic (exact) mass is 276 g/mol. The number of carboxylic acid groups (broad SMARTS) is 1. The summed E-state index contributed by atoms with van der Waals surface area (Å²) in [4.78, 5) is 10.6. The largest absolute Gasteiger partial charge is 0.493 e. The minimum absolute atomic E-state index is 0.304. The Morgan fingerprint density at radius 1 is 1.55 bits per heavy atom. The van der Waals surface area contributed by atoms with Gasteiger partial charge in [-0.15, -0.1) is 0 Å². The van der Waals surface area contributed by atoms with E-state index in [1.165, 1.54) is 0 Å². The molecular weight excluding hydrogens is 256 g/mol. The summed E-state index contributed by atoms with van der Waals surface area (Å²) in [6.45, 7) is 3.40. The molecule has 1 aromatic carbocycles. The minimum Gasteiger partial charge on any atom is -0.493 e. The van der Waals surface area contributed by atoms with Crippen LogP contribution in [0.4, 0.5) is 0 Å². The zero-order valence-electron chi connectivity index (χ0n) is 11.7. The summed E-state index contributed by atoms with van der Waals surface area (Å²) >= 11 is 0. The van der Waals surface area contributed by atoms with E-state index in [9.17, 15) is 4.79 Å². The van der Waals surface area contributed by atoms with Crippen molar-refractivity contribution in [2.45, 2.75) is 32.3 Å². The van der Waals surface area contributed by atoms with Crippen LogP contribution in [0.5, 0.6) is 5.75 Å². The van der Waals surface area contributed by atoms with Gasteiger partial charge in [-0.2, -0.15) is 0 Å². The van der Waals surface area contributed by atoms with Gasteiger partial charge in [-0.1, -0.05) is 11.6 Å². The van der Waals surface area contributed by atoms with E-state index in [2.05, 4.69) is 0 Å². The van der Waals surface area contributed by atoms with Crippen molar-refractivity contribution in [2.75, 3.05) is 13.2 Å². The summed E-state index contributed by atoms with van der Waals surface area (Å²) < 4.78 is 11.3. The molecule has 1 heterocycles. The van der Waals surface area contributed by atoms with Crippen LogP contribution in [0.15, 0.2) is 24.3 Å². The lowest BCUT2D eigenvalue weighted by Gasteiger charge is -2.12. The molecule has 0 bridgehead atoms. The highest BCUT2D eigenvalue weighted by molar-refractivity contribution is 5.85. The molecule has 4 heteroatoms. The number of rotatable bonds is 6. The third-order valence-electron chi connectivity index (χ3n) is 3.29. The van der Waals surface area contributed by atoms with Crippen LogP contribution in [0.2, 0.25) is 0 Å². The number of aryl methyl sites for hydroxylation is 1. The lowest BCUT2D eigenvalue weighted by atomic mass is 10.1. The van der Waals surface area contributed by atoms with Crippen LogP contribution < -0.4 is 4.74 Å². The van der Waals surface area contributed by atoms with Gasteiger partial charge in [0.15, 0.2) is 0 Å². The third-order valence-corrected chi connectivity index (χ3v) is 3.29. The van der Waals surface area contributed by atoms with Crippen LogP contribution in [0, 0.1) is 6.92 Å². The van der Waals surface area contributed by atoms with Gasteiger partial charge >= 0.3 is 5.97 Å². The minimum atomic E-state index is -0.961. The molecule has 1 fully saturated rings. The molecule has 1 aromatic rings. The molecule has 1 N–H and O–H groups in total. The Labute approximate surface area is 119 Å². The van der Waals surface area contributed by atoms with Gasteiger partial charge in [0, 0.05) is 24.7 Å². The van der Waals surface area contributed by atoms with Crippen molar-refractivity contribution >= 4 is 12.0 Å². The molecular formula is C16H20O4. The van der Waals surface area contributed by atoms with Crippen molar-refractivity contribution in [1.82, 2.24) is 0 Å². The maximum Gasteiger partial charge on any atom is 0.328 e. The number of hydrogen-bond donors (Lipinski definition) is 1. The average molecular weight is 276 g/mol. The number of carboxylic acids is 1. The van der Waals surface area contributed by atoms with E-state index < -0.39 is 5.97 Å². The van der Waals surface area contributed by atoms with Crippen LogP contribution >= 0.6 is 0 Å². The lowest BCUT2D eigenvalue weighted by molar-refractivity contribution is -0.131. The highest BCUT2D eigenvalue weighted by atomic mass is 16.5. The summed E-state index contributed by atoms with van der Waals surface area (Å²) in [5.41, 5.74) is 1.86. The summed E-state index contributed by atoms with van der Waals surface area (Å²) in [6.07, 6.45) is 6.10. The summed E-state index contributed by atoms with van der Waals surface area (Å²) in [5, 5.41) is 8.71. The Morgan fingerprint density at radius 2 is 2.40 bits per heavy atom. The maximum absolute atomic E-state index is 10.6. The lowest BCUT2D eigenvalue weighted by Crippen LogP contribution is -2.11. The fraction of sp³-hybridized carbons (Fsp3) is 0.438. The Hall–Kier alpha value is -1.81. The zero-order valence-corrected chi connectivity index (χ0v) is 11.7. The first-order chi connectivity index (χ1) is 9.65. The van der Waals surface area contributed by atoms with Crippen molar-refractivity contribution < 1.29 is 19.4 Å². The van der Waals surface area contributed by atoms with Crippen LogP contribution in [-0.2, 0) is 9.53 Å². The van der Waals surface area contributed by atoms with Gasteiger partial charge in [0.1, 0.15) is 5.75 Å². The molecule has 1 unspecified atom stereocenters. The summed E-state index contributed by atoms with van der Waals surface area (Å²) in [6, 6.07) is 5.76. The third kappa shape index (κ3) is 4.38. The van der Waals surface area contributed by atoms with Crippen LogP contribution in [0.25, 0.3) is 6.08 Å². The normalized spacial score (nSPS) is 18.6. The van der Waals surface area contributed by atoms with Gasteiger partial charge in [-0.05, 0) is 38.0 Å². The molecule has 1 aliphatic rings. The van der Waals surface area contributed by atoms with Gasteiger partial charge in [0.2, 0.25) is 0 Å². The van der Waals surface area contributed by atoms with Gasteiger partial charge in [0.05, 0.1) is 12.7 Å². The molecule has 1 saturated heterocycles. The fourth-order valence-electron chi connectivity index (χ4n) is 2.26. The van der Waals surface area contributed by atoms with E-state index in [-0.39, 0.29) is 0 Å². The second-order valence-electron chi connectivity index (χ2n) is 4.99. The molecule has 0 saturated carbocycles. The maximum atomic E-state index is 10.6. The molecule has 4 nitrogen and oxygen atoms in total. The molecule has 2 rings (SSSR count). The zero-order chi connectivity index (χ0) is 14.4. The number of benzene rings is 1. The van der Waals surface area contributed by atoms with Gasteiger partial charge in [0.25, 0.3) is 0 Å². The first-order valence-electron chi connectivity index (χ1n) is 6.91. The van der Waals surface area contributed by atoms with Crippen molar-refractivity contribution in [3.05, 3.63) is 35.4 Å². The Balaban J connectivity index is 1.96. The summed E-state index contributed by atoms with van der Waals surface area (Å²) in [5.74, 6) is -0.247. The van der Waals surface area contributed by atoms with E-state index in [1.807, 2.05) is 25.1 Å². The molecule has 0 aromatic heterocycles.